The van der Waals surface area contributed by atoms with E-state index in [2.05, 4.69) is 0 Å². The number of nitrogens with two attached hydrogens (primary N) is 1. The zero-order valence-corrected chi connectivity index (χ0v) is 15.0. The number of primary amides is 1. The van der Waals surface area contributed by atoms with Crippen LogP contribution in [0.4, 0.5) is 0 Å². The number of fused-ring (bicyclic) bond motifs is 1. The van der Waals surface area contributed by atoms with E-state index in [9.17, 15) is 14.4 Å². The Kier molecular flexibility index (Phi) is 3.19. The molecular weight excluding hydrogens is 328 g/mol. The second-order valence-corrected chi connectivity index (χ2v) is 9.03. The topological polar surface area (TPSA) is 80.5 Å². The van der Waals surface area contributed by atoms with Gasteiger partial charge in [-0.3, -0.25) is 19.3 Å². The molecule has 136 valence electrons. The highest BCUT2D eigenvalue weighted by atomic mass is 16.2. The van der Waals surface area contributed by atoms with Crippen LogP contribution in [0, 0.1) is 23.2 Å². The molecule has 4 aliphatic carbocycles. The maximum atomic E-state index is 13.2. The molecule has 26 heavy (non-hydrogen) atoms. The van der Waals surface area contributed by atoms with Gasteiger partial charge in [0.2, 0.25) is 5.91 Å². The highest BCUT2D eigenvalue weighted by Gasteiger charge is 2.56. The van der Waals surface area contributed by atoms with Crippen molar-refractivity contribution in [3.05, 3.63) is 34.9 Å². The molecule has 0 radical (unpaired) electrons. The fourth-order valence-corrected chi connectivity index (χ4v) is 6.82. The molecule has 4 saturated carbocycles. The number of hydrogen-bond acceptors (Lipinski definition) is 3. The largest absolute Gasteiger partial charge is 0.366 e. The van der Waals surface area contributed by atoms with E-state index in [4.69, 9.17) is 5.73 Å². The van der Waals surface area contributed by atoms with Gasteiger partial charge in [-0.25, -0.2) is 0 Å². The maximum Gasteiger partial charge on any atom is 0.262 e. The van der Waals surface area contributed by atoms with E-state index in [1.807, 2.05) is 6.92 Å². The van der Waals surface area contributed by atoms with E-state index in [1.165, 1.54) is 30.2 Å². The SMILES string of the molecule is C[C@@H](N1C(=O)c2cccc(C(N)=O)c2C1=O)C12CC3CC(CC(C3)C1)C2. The number of carbonyl (C=O) groups is 3. The Morgan fingerprint density at radius 2 is 1.65 bits per heavy atom. The molecule has 1 atom stereocenters. The average Bonchev–Trinajstić information content (AvgIpc) is 2.84. The summed E-state index contributed by atoms with van der Waals surface area (Å²) < 4.78 is 0. The highest BCUT2D eigenvalue weighted by molar-refractivity contribution is 6.25. The number of carbonyl (C=O) groups excluding carboxylic acids is 3. The van der Waals surface area contributed by atoms with Gasteiger partial charge in [0.15, 0.2) is 0 Å². The summed E-state index contributed by atoms with van der Waals surface area (Å²) in [5.74, 6) is 0.978. The minimum atomic E-state index is -0.660. The van der Waals surface area contributed by atoms with E-state index in [0.29, 0.717) is 5.56 Å². The zero-order chi connectivity index (χ0) is 18.2. The predicted molar refractivity (Wildman–Crippen MR) is 95.5 cm³/mol. The summed E-state index contributed by atoms with van der Waals surface area (Å²) in [5, 5.41) is 0. The van der Waals surface area contributed by atoms with Crippen molar-refractivity contribution < 1.29 is 14.4 Å². The van der Waals surface area contributed by atoms with E-state index in [1.54, 1.807) is 12.1 Å². The summed E-state index contributed by atoms with van der Waals surface area (Å²) >= 11 is 0. The zero-order valence-electron chi connectivity index (χ0n) is 15.0. The first kappa shape index (κ1) is 16.0. The van der Waals surface area contributed by atoms with Gasteiger partial charge in [-0.15, -0.1) is 0 Å². The van der Waals surface area contributed by atoms with Gasteiger partial charge in [0.1, 0.15) is 0 Å². The van der Waals surface area contributed by atoms with Crippen LogP contribution in [0.5, 0.6) is 0 Å². The first-order valence-electron chi connectivity index (χ1n) is 9.70. The summed E-state index contributed by atoms with van der Waals surface area (Å²) in [6.07, 6.45) is 7.32. The number of amides is 3. The third-order valence-corrected chi connectivity index (χ3v) is 7.57. The Balaban J connectivity index is 1.53. The first-order chi connectivity index (χ1) is 12.4. The molecule has 5 heteroatoms. The molecule has 1 aromatic carbocycles. The van der Waals surface area contributed by atoms with Gasteiger partial charge in [-0.05, 0) is 80.8 Å². The van der Waals surface area contributed by atoms with Crippen LogP contribution in [0.25, 0.3) is 0 Å². The second-order valence-electron chi connectivity index (χ2n) is 9.03. The standard InChI is InChI=1S/C21H24N2O3/c1-11(21-8-12-5-13(9-21)7-14(6-12)10-21)23-19(25)16-4-2-3-15(18(22)24)17(16)20(23)26/h2-4,11-14H,5-10H2,1H3,(H2,22,24)/t11-,12?,13?,14?,21?/m1/s1. The average molecular weight is 352 g/mol. The molecule has 1 aliphatic heterocycles. The monoisotopic (exact) mass is 352 g/mol. The van der Waals surface area contributed by atoms with Gasteiger partial charge in [0.25, 0.3) is 11.8 Å². The van der Waals surface area contributed by atoms with Crippen LogP contribution in [0.1, 0.15) is 76.5 Å². The molecule has 0 saturated heterocycles. The lowest BCUT2D eigenvalue weighted by molar-refractivity contribution is -0.0849. The molecule has 0 aromatic heterocycles. The Morgan fingerprint density at radius 3 is 2.19 bits per heavy atom. The molecule has 4 fully saturated rings. The van der Waals surface area contributed by atoms with Crippen molar-refractivity contribution in [2.75, 3.05) is 0 Å². The van der Waals surface area contributed by atoms with E-state index < -0.39 is 5.91 Å². The molecule has 0 spiro atoms. The van der Waals surface area contributed by atoms with Crippen molar-refractivity contribution in [3.8, 4) is 0 Å². The van der Waals surface area contributed by atoms with Gasteiger partial charge in [0.05, 0.1) is 16.7 Å². The quantitative estimate of drug-likeness (QED) is 0.849. The van der Waals surface area contributed by atoms with E-state index in [0.717, 1.165) is 37.0 Å². The Bertz CT molecular complexity index is 808. The first-order valence-corrected chi connectivity index (χ1v) is 9.70. The van der Waals surface area contributed by atoms with Crippen LogP contribution >= 0.6 is 0 Å². The van der Waals surface area contributed by atoms with Crippen molar-refractivity contribution in [2.45, 2.75) is 51.5 Å². The smallest absolute Gasteiger partial charge is 0.262 e. The van der Waals surface area contributed by atoms with Gasteiger partial charge in [-0.1, -0.05) is 6.07 Å². The van der Waals surface area contributed by atoms with Crippen LogP contribution in [-0.4, -0.2) is 28.7 Å². The molecule has 5 nitrogen and oxygen atoms in total. The Labute approximate surface area is 152 Å². The summed E-state index contributed by atoms with van der Waals surface area (Å²) in [6.45, 7) is 2.04. The molecular formula is C21H24N2O3. The summed E-state index contributed by atoms with van der Waals surface area (Å²) in [7, 11) is 0. The van der Waals surface area contributed by atoms with Crippen LogP contribution in [-0.2, 0) is 0 Å². The summed E-state index contributed by atoms with van der Waals surface area (Å²) in [4.78, 5) is 39.4. The van der Waals surface area contributed by atoms with Crippen molar-refractivity contribution >= 4 is 17.7 Å². The van der Waals surface area contributed by atoms with Crippen LogP contribution in [0.15, 0.2) is 18.2 Å². The van der Waals surface area contributed by atoms with Gasteiger partial charge < -0.3 is 5.73 Å². The Hall–Kier alpha value is -2.17. The van der Waals surface area contributed by atoms with Crippen molar-refractivity contribution in [3.63, 3.8) is 0 Å². The van der Waals surface area contributed by atoms with Gasteiger partial charge in [-0.2, -0.15) is 0 Å². The van der Waals surface area contributed by atoms with Crippen LogP contribution in [0.3, 0.4) is 0 Å². The number of hydrogen-bond donors (Lipinski definition) is 1. The molecule has 0 unspecified atom stereocenters. The molecule has 1 aromatic rings. The van der Waals surface area contributed by atoms with Crippen LogP contribution in [0.2, 0.25) is 0 Å². The lowest BCUT2D eigenvalue weighted by Gasteiger charge is -2.59. The van der Waals surface area contributed by atoms with Crippen molar-refractivity contribution in [1.29, 1.82) is 0 Å². The normalized spacial score (nSPS) is 35.7. The summed E-state index contributed by atoms with van der Waals surface area (Å²) in [5.41, 5.74) is 6.16. The van der Waals surface area contributed by atoms with Crippen molar-refractivity contribution in [1.82, 2.24) is 4.90 Å². The van der Waals surface area contributed by atoms with E-state index >= 15 is 0 Å². The third-order valence-electron chi connectivity index (χ3n) is 7.57. The number of imide groups is 1. The fourth-order valence-electron chi connectivity index (χ4n) is 6.82. The predicted octanol–water partition coefficient (Wildman–Crippen LogP) is 2.99. The molecule has 6 rings (SSSR count). The van der Waals surface area contributed by atoms with Gasteiger partial charge in [0, 0.05) is 6.04 Å². The minimum absolute atomic E-state index is 0.0506. The fraction of sp³-hybridized carbons (Fsp3) is 0.571. The molecule has 4 bridgehead atoms. The summed E-state index contributed by atoms with van der Waals surface area (Å²) in [6, 6.07) is 4.66. The van der Waals surface area contributed by atoms with E-state index in [-0.39, 0.29) is 34.4 Å². The molecule has 1 heterocycles. The second kappa shape index (κ2) is 5.18. The number of rotatable bonds is 3. The number of nitrogens with zero attached hydrogens (tertiary/aromatic N) is 1. The molecule has 2 N–H and O–H groups in total. The van der Waals surface area contributed by atoms with Crippen molar-refractivity contribution in [2.24, 2.45) is 28.9 Å². The molecule has 5 aliphatic rings. The molecule has 3 amide bonds. The lowest BCUT2D eigenvalue weighted by atomic mass is 9.47. The lowest BCUT2D eigenvalue weighted by Crippen LogP contribution is -2.57. The minimum Gasteiger partial charge on any atom is -0.366 e. The Morgan fingerprint density at radius 1 is 1.08 bits per heavy atom. The number of benzene rings is 1. The van der Waals surface area contributed by atoms with Gasteiger partial charge >= 0.3 is 0 Å². The highest BCUT2D eigenvalue weighted by Crippen LogP contribution is 2.62. The van der Waals surface area contributed by atoms with Crippen LogP contribution < -0.4 is 5.73 Å². The third kappa shape index (κ3) is 2.00. The maximum absolute atomic E-state index is 13.2.